The van der Waals surface area contributed by atoms with Gasteiger partial charge < -0.3 is 16.2 Å². The summed E-state index contributed by atoms with van der Waals surface area (Å²) in [6.07, 6.45) is 0.808. The van der Waals surface area contributed by atoms with E-state index in [0.717, 1.165) is 6.08 Å². The molecule has 0 aliphatic carbocycles. The van der Waals surface area contributed by atoms with Crippen molar-refractivity contribution in [2.45, 2.75) is 0 Å². The maximum atomic E-state index is 10.1. The van der Waals surface area contributed by atoms with E-state index in [1.807, 2.05) is 0 Å². The van der Waals surface area contributed by atoms with E-state index < -0.39 is 11.9 Å². The lowest BCUT2D eigenvalue weighted by Crippen LogP contribution is -2.19. The zero-order valence-electron chi connectivity index (χ0n) is 5.42. The molecule has 0 aliphatic heterocycles. The van der Waals surface area contributed by atoms with Crippen LogP contribution in [0.4, 0.5) is 0 Å². The normalized spacial score (nSPS) is 10.7. The summed E-state index contributed by atoms with van der Waals surface area (Å²) in [6, 6.07) is 0. The second kappa shape index (κ2) is 3.49. The molecular formula is C5H8N2O3. The number of carbonyl (C=O) groups excluding carboxylic acids is 1. The van der Waals surface area contributed by atoms with E-state index in [-0.39, 0.29) is 5.70 Å². The molecule has 0 aromatic heterocycles. The molecule has 1 amide bonds. The quantitative estimate of drug-likeness (QED) is 0.427. The minimum Gasteiger partial charge on any atom is -0.477 e. The number of likely N-dealkylation sites (N-methyl/N-ethyl adjacent to an activating group) is 1. The van der Waals surface area contributed by atoms with Gasteiger partial charge in [0.1, 0.15) is 5.70 Å². The van der Waals surface area contributed by atoms with Gasteiger partial charge in [0.2, 0.25) is 5.91 Å². The van der Waals surface area contributed by atoms with E-state index in [2.05, 4.69) is 11.1 Å². The molecule has 5 nitrogen and oxygen atoms in total. The summed E-state index contributed by atoms with van der Waals surface area (Å²) in [4.78, 5) is 20.2. The summed E-state index contributed by atoms with van der Waals surface area (Å²) in [5.74, 6) is -1.99. The molecule has 10 heavy (non-hydrogen) atoms. The highest BCUT2D eigenvalue weighted by Crippen LogP contribution is 1.85. The third-order valence-electron chi connectivity index (χ3n) is 0.786. The van der Waals surface area contributed by atoms with Crippen LogP contribution in [0.3, 0.4) is 0 Å². The maximum absolute atomic E-state index is 10.1. The molecule has 0 aromatic rings. The van der Waals surface area contributed by atoms with E-state index >= 15 is 0 Å². The Morgan fingerprint density at radius 1 is 1.60 bits per heavy atom. The Kier molecular flexibility index (Phi) is 2.96. The van der Waals surface area contributed by atoms with E-state index in [0.29, 0.717) is 0 Å². The van der Waals surface area contributed by atoms with Gasteiger partial charge in [0.05, 0.1) is 0 Å². The molecule has 0 bridgehead atoms. The van der Waals surface area contributed by atoms with Gasteiger partial charge in [-0.3, -0.25) is 4.79 Å². The second-order valence-electron chi connectivity index (χ2n) is 1.52. The van der Waals surface area contributed by atoms with Crippen LogP contribution in [-0.2, 0) is 9.59 Å². The topological polar surface area (TPSA) is 92.4 Å². The highest BCUT2D eigenvalue weighted by atomic mass is 16.4. The fourth-order valence-corrected chi connectivity index (χ4v) is 0.383. The average Bonchev–Trinajstić information content (AvgIpc) is 1.81. The van der Waals surface area contributed by atoms with Gasteiger partial charge in [0.15, 0.2) is 0 Å². The SMILES string of the molecule is CN/C(=C/C(N)=O)C(=O)O. The Bertz CT molecular complexity index is 185. The zero-order chi connectivity index (χ0) is 8.15. The van der Waals surface area contributed by atoms with Crippen molar-refractivity contribution in [3.8, 4) is 0 Å². The van der Waals surface area contributed by atoms with E-state index in [9.17, 15) is 9.59 Å². The van der Waals surface area contributed by atoms with Crippen molar-refractivity contribution in [2.75, 3.05) is 7.05 Å². The molecule has 4 N–H and O–H groups in total. The Balaban J connectivity index is 4.34. The fraction of sp³-hybridized carbons (Fsp3) is 0.200. The number of hydrogen-bond acceptors (Lipinski definition) is 3. The number of primary amides is 1. The molecule has 0 aromatic carbocycles. The number of carbonyl (C=O) groups is 2. The van der Waals surface area contributed by atoms with Crippen LogP contribution in [0.2, 0.25) is 0 Å². The number of amides is 1. The summed E-state index contributed by atoms with van der Waals surface area (Å²) in [5, 5.41) is 10.6. The smallest absolute Gasteiger partial charge is 0.352 e. The van der Waals surface area contributed by atoms with E-state index in [1.54, 1.807) is 0 Å². The first-order valence-electron chi connectivity index (χ1n) is 2.50. The van der Waals surface area contributed by atoms with Crippen molar-refractivity contribution >= 4 is 11.9 Å². The number of hydrogen-bond donors (Lipinski definition) is 3. The Labute approximate surface area is 57.5 Å². The average molecular weight is 144 g/mol. The molecule has 0 spiro atoms. The molecule has 0 fully saturated rings. The van der Waals surface area contributed by atoms with Gasteiger partial charge in [-0.05, 0) is 0 Å². The van der Waals surface area contributed by atoms with Crippen molar-refractivity contribution < 1.29 is 14.7 Å². The Hall–Kier alpha value is -1.52. The number of rotatable bonds is 3. The molecular weight excluding hydrogens is 136 g/mol. The Morgan fingerprint density at radius 2 is 2.10 bits per heavy atom. The zero-order valence-corrected chi connectivity index (χ0v) is 5.42. The molecule has 0 radical (unpaired) electrons. The largest absolute Gasteiger partial charge is 0.477 e. The molecule has 0 heterocycles. The van der Waals surface area contributed by atoms with Gasteiger partial charge in [-0.25, -0.2) is 4.79 Å². The number of carboxylic acid groups (broad SMARTS) is 1. The predicted octanol–water partition coefficient (Wildman–Crippen LogP) is -1.34. The molecule has 0 rings (SSSR count). The third-order valence-corrected chi connectivity index (χ3v) is 0.786. The summed E-state index contributed by atoms with van der Waals surface area (Å²) in [7, 11) is 1.39. The van der Waals surface area contributed by atoms with Crippen molar-refractivity contribution in [1.29, 1.82) is 0 Å². The minimum absolute atomic E-state index is 0.215. The molecule has 0 aliphatic rings. The molecule has 5 heteroatoms. The number of aliphatic carboxylic acids is 1. The van der Waals surface area contributed by atoms with Gasteiger partial charge in [0.25, 0.3) is 0 Å². The van der Waals surface area contributed by atoms with Crippen LogP contribution in [0.1, 0.15) is 0 Å². The number of nitrogens with two attached hydrogens (primary N) is 1. The van der Waals surface area contributed by atoms with Crippen molar-refractivity contribution in [1.82, 2.24) is 5.32 Å². The van der Waals surface area contributed by atoms with Crippen LogP contribution in [0, 0.1) is 0 Å². The van der Waals surface area contributed by atoms with Crippen LogP contribution in [0.25, 0.3) is 0 Å². The summed E-state index contributed by atoms with van der Waals surface area (Å²) >= 11 is 0. The summed E-state index contributed by atoms with van der Waals surface area (Å²) in [5.41, 5.74) is 4.47. The van der Waals surface area contributed by atoms with E-state index in [1.165, 1.54) is 7.05 Å². The molecule has 0 atom stereocenters. The van der Waals surface area contributed by atoms with Crippen molar-refractivity contribution in [3.05, 3.63) is 11.8 Å². The van der Waals surface area contributed by atoms with Gasteiger partial charge in [0, 0.05) is 13.1 Å². The van der Waals surface area contributed by atoms with Crippen LogP contribution in [0.5, 0.6) is 0 Å². The van der Waals surface area contributed by atoms with Gasteiger partial charge in [-0.15, -0.1) is 0 Å². The Morgan fingerprint density at radius 3 is 2.20 bits per heavy atom. The first kappa shape index (κ1) is 8.48. The van der Waals surface area contributed by atoms with Crippen molar-refractivity contribution in [3.63, 3.8) is 0 Å². The minimum atomic E-state index is -1.21. The second-order valence-corrected chi connectivity index (χ2v) is 1.52. The summed E-state index contributed by atoms with van der Waals surface area (Å²) in [6.45, 7) is 0. The standard InChI is InChI=1S/C5H8N2O3/c1-7-3(5(9)10)2-4(6)8/h2,7H,1H3,(H2,6,8)(H,9,10)/b3-2+. The van der Waals surface area contributed by atoms with Crippen molar-refractivity contribution in [2.24, 2.45) is 5.73 Å². The summed E-state index contributed by atoms with van der Waals surface area (Å²) < 4.78 is 0. The lowest BCUT2D eigenvalue weighted by atomic mass is 10.4. The molecule has 0 unspecified atom stereocenters. The molecule has 56 valence electrons. The van der Waals surface area contributed by atoms with Crippen LogP contribution in [-0.4, -0.2) is 24.0 Å². The lowest BCUT2D eigenvalue weighted by molar-refractivity contribution is -0.133. The highest BCUT2D eigenvalue weighted by molar-refractivity contribution is 5.96. The van der Waals surface area contributed by atoms with Crippen LogP contribution >= 0.6 is 0 Å². The maximum Gasteiger partial charge on any atom is 0.352 e. The lowest BCUT2D eigenvalue weighted by Gasteiger charge is -1.96. The van der Waals surface area contributed by atoms with E-state index in [4.69, 9.17) is 5.11 Å². The van der Waals surface area contributed by atoms with Crippen LogP contribution < -0.4 is 11.1 Å². The number of nitrogens with one attached hydrogen (secondary N) is 1. The first-order chi connectivity index (χ1) is 4.57. The first-order valence-corrected chi connectivity index (χ1v) is 2.50. The molecule has 0 saturated heterocycles. The highest BCUT2D eigenvalue weighted by Gasteiger charge is 2.04. The van der Waals surface area contributed by atoms with Crippen LogP contribution in [0.15, 0.2) is 11.8 Å². The van der Waals surface area contributed by atoms with Gasteiger partial charge in [-0.2, -0.15) is 0 Å². The molecule has 0 saturated carbocycles. The fourth-order valence-electron chi connectivity index (χ4n) is 0.383. The third kappa shape index (κ3) is 2.71. The monoisotopic (exact) mass is 144 g/mol. The number of carboxylic acids is 1. The van der Waals surface area contributed by atoms with Gasteiger partial charge in [-0.1, -0.05) is 0 Å². The predicted molar refractivity (Wildman–Crippen MR) is 34.0 cm³/mol. The van der Waals surface area contributed by atoms with Gasteiger partial charge >= 0.3 is 5.97 Å².